The lowest BCUT2D eigenvalue weighted by atomic mass is 10.1. The van der Waals surface area contributed by atoms with Gasteiger partial charge in [0.15, 0.2) is 0 Å². The molecule has 0 aliphatic rings. The molecule has 0 saturated carbocycles. The number of hydrogen-bond acceptors (Lipinski definition) is 6. The van der Waals surface area contributed by atoms with Crippen LogP contribution in [0.1, 0.15) is 35.8 Å². The smallest absolute Gasteiger partial charge is 0.254 e. The van der Waals surface area contributed by atoms with E-state index in [1.807, 2.05) is 37.3 Å². The molecule has 30 heavy (non-hydrogen) atoms. The van der Waals surface area contributed by atoms with E-state index >= 15 is 0 Å². The quantitative estimate of drug-likeness (QED) is 0.453. The monoisotopic (exact) mass is 424 g/mol. The largest absolute Gasteiger partial charge is 0.365 e. The van der Waals surface area contributed by atoms with Crippen molar-refractivity contribution in [3.63, 3.8) is 0 Å². The van der Waals surface area contributed by atoms with Crippen LogP contribution in [0.2, 0.25) is 5.02 Å². The van der Waals surface area contributed by atoms with Gasteiger partial charge in [-0.3, -0.25) is 9.59 Å². The first-order chi connectivity index (χ1) is 14.3. The summed E-state index contributed by atoms with van der Waals surface area (Å²) in [6.45, 7) is 3.35. The van der Waals surface area contributed by atoms with Gasteiger partial charge >= 0.3 is 0 Å². The van der Waals surface area contributed by atoms with Crippen molar-refractivity contribution in [2.45, 2.75) is 19.9 Å². The van der Waals surface area contributed by atoms with Gasteiger partial charge in [0.25, 0.3) is 5.91 Å². The van der Waals surface area contributed by atoms with Gasteiger partial charge in [0.2, 0.25) is 11.9 Å². The molecule has 9 heteroatoms. The van der Waals surface area contributed by atoms with Crippen LogP contribution in [0, 0.1) is 0 Å². The molecule has 2 aromatic carbocycles. The highest BCUT2D eigenvalue weighted by Gasteiger charge is 2.15. The Hall–Kier alpha value is -3.65. The summed E-state index contributed by atoms with van der Waals surface area (Å²) in [5, 5.41) is 9.31. The van der Waals surface area contributed by atoms with Crippen LogP contribution in [0.3, 0.4) is 0 Å². The summed E-state index contributed by atoms with van der Waals surface area (Å²) in [6.07, 6.45) is 1.36. The maximum Gasteiger partial charge on any atom is 0.254 e. The summed E-state index contributed by atoms with van der Waals surface area (Å²) < 4.78 is 0. The van der Waals surface area contributed by atoms with Gasteiger partial charge < -0.3 is 21.7 Å². The summed E-state index contributed by atoms with van der Waals surface area (Å²) in [5.41, 5.74) is 7.75. The standard InChI is InChI=1S/C21H21ClN6O2/c1-12(14-6-4-3-5-7-14)25-20-16(19(23)30)11-24-21(28-20)27-15-8-9-17(22)18(10-15)26-13(2)29/h3-12H,1-2H3,(H2,23,30)(H,26,29)(H2,24,25,27,28)/t12-/m1/s1. The number of aromatic nitrogens is 2. The first-order valence-corrected chi connectivity index (χ1v) is 9.53. The minimum atomic E-state index is -0.635. The molecule has 1 aromatic heterocycles. The van der Waals surface area contributed by atoms with Crippen LogP contribution in [0.15, 0.2) is 54.7 Å². The highest BCUT2D eigenvalue weighted by atomic mass is 35.5. The molecule has 0 aliphatic carbocycles. The fourth-order valence-electron chi connectivity index (χ4n) is 2.78. The molecule has 0 unspecified atom stereocenters. The third kappa shape index (κ3) is 5.24. The number of nitrogens with zero attached hydrogens (tertiary/aromatic N) is 2. The molecule has 1 heterocycles. The average molecular weight is 425 g/mol. The lowest BCUT2D eigenvalue weighted by Crippen LogP contribution is -2.18. The number of nitrogens with two attached hydrogens (primary N) is 1. The molecular formula is C21H21ClN6O2. The van der Waals surface area contributed by atoms with E-state index in [2.05, 4.69) is 25.9 Å². The van der Waals surface area contributed by atoms with Crippen LogP contribution in [0.5, 0.6) is 0 Å². The summed E-state index contributed by atoms with van der Waals surface area (Å²) >= 11 is 6.10. The molecule has 0 spiro atoms. The number of halogens is 1. The van der Waals surface area contributed by atoms with Crippen LogP contribution in [-0.4, -0.2) is 21.8 Å². The van der Waals surface area contributed by atoms with Crippen molar-refractivity contribution in [1.29, 1.82) is 0 Å². The lowest BCUT2D eigenvalue weighted by molar-refractivity contribution is -0.114. The Balaban J connectivity index is 1.87. The summed E-state index contributed by atoms with van der Waals surface area (Å²) in [4.78, 5) is 31.7. The van der Waals surface area contributed by atoms with E-state index in [9.17, 15) is 9.59 Å². The van der Waals surface area contributed by atoms with Crippen molar-refractivity contribution in [1.82, 2.24) is 9.97 Å². The van der Waals surface area contributed by atoms with Crippen LogP contribution in [-0.2, 0) is 4.79 Å². The zero-order valence-corrected chi connectivity index (χ0v) is 17.2. The fourth-order valence-corrected chi connectivity index (χ4v) is 2.94. The van der Waals surface area contributed by atoms with Crippen molar-refractivity contribution < 1.29 is 9.59 Å². The van der Waals surface area contributed by atoms with Gasteiger partial charge in [-0.25, -0.2) is 4.98 Å². The van der Waals surface area contributed by atoms with Crippen molar-refractivity contribution in [2.75, 3.05) is 16.0 Å². The molecule has 8 nitrogen and oxygen atoms in total. The van der Waals surface area contributed by atoms with Crippen LogP contribution in [0.4, 0.5) is 23.1 Å². The Labute approximate surface area is 178 Å². The number of carbonyl (C=O) groups is 2. The minimum Gasteiger partial charge on any atom is -0.365 e. The molecule has 1 atom stereocenters. The van der Waals surface area contributed by atoms with E-state index in [0.717, 1.165) is 5.56 Å². The SMILES string of the molecule is CC(=O)Nc1cc(Nc2ncc(C(N)=O)c(N[C@H](C)c3ccccc3)n2)ccc1Cl. The van der Waals surface area contributed by atoms with Gasteiger partial charge in [-0.05, 0) is 30.7 Å². The first kappa shape index (κ1) is 21.1. The Morgan fingerprint density at radius 1 is 1.13 bits per heavy atom. The van der Waals surface area contributed by atoms with E-state index in [0.29, 0.717) is 22.2 Å². The molecule has 3 rings (SSSR count). The number of rotatable bonds is 7. The highest BCUT2D eigenvalue weighted by Crippen LogP contribution is 2.28. The Morgan fingerprint density at radius 3 is 2.53 bits per heavy atom. The second kappa shape index (κ2) is 9.23. The maximum absolute atomic E-state index is 11.8. The Bertz CT molecular complexity index is 1070. The topological polar surface area (TPSA) is 122 Å². The summed E-state index contributed by atoms with van der Waals surface area (Å²) in [6, 6.07) is 14.6. The highest BCUT2D eigenvalue weighted by molar-refractivity contribution is 6.33. The number of anilines is 4. The number of nitrogens with one attached hydrogen (secondary N) is 3. The maximum atomic E-state index is 11.8. The predicted octanol–water partition coefficient (Wildman–Crippen LogP) is 4.10. The number of hydrogen-bond donors (Lipinski definition) is 4. The summed E-state index contributed by atoms with van der Waals surface area (Å²) in [7, 11) is 0. The van der Waals surface area contributed by atoms with Gasteiger partial charge in [0.1, 0.15) is 5.82 Å². The molecular weight excluding hydrogens is 404 g/mol. The fraction of sp³-hybridized carbons (Fsp3) is 0.143. The summed E-state index contributed by atoms with van der Waals surface area (Å²) in [5.74, 6) is -0.312. The van der Waals surface area contributed by atoms with Gasteiger partial charge in [-0.1, -0.05) is 41.9 Å². The van der Waals surface area contributed by atoms with E-state index in [-0.39, 0.29) is 23.5 Å². The van der Waals surface area contributed by atoms with Crippen molar-refractivity contribution >= 4 is 46.6 Å². The zero-order valence-electron chi connectivity index (χ0n) is 16.4. The molecule has 0 aliphatic heterocycles. The van der Waals surface area contributed by atoms with Gasteiger partial charge in [-0.2, -0.15) is 4.98 Å². The molecule has 0 radical (unpaired) electrons. The number of amides is 2. The lowest BCUT2D eigenvalue weighted by Gasteiger charge is -2.17. The van der Waals surface area contributed by atoms with Crippen LogP contribution >= 0.6 is 11.6 Å². The third-order valence-electron chi connectivity index (χ3n) is 4.24. The van der Waals surface area contributed by atoms with E-state index < -0.39 is 5.91 Å². The third-order valence-corrected chi connectivity index (χ3v) is 4.57. The molecule has 3 aromatic rings. The molecule has 154 valence electrons. The van der Waals surface area contributed by atoms with Gasteiger partial charge in [-0.15, -0.1) is 0 Å². The molecule has 5 N–H and O–H groups in total. The number of benzene rings is 2. The van der Waals surface area contributed by atoms with E-state index in [4.69, 9.17) is 17.3 Å². The minimum absolute atomic E-state index is 0.117. The van der Waals surface area contributed by atoms with Crippen LogP contribution < -0.4 is 21.7 Å². The van der Waals surface area contributed by atoms with Crippen LogP contribution in [0.25, 0.3) is 0 Å². The van der Waals surface area contributed by atoms with Crippen molar-refractivity contribution in [2.24, 2.45) is 5.73 Å². The molecule has 2 amide bonds. The van der Waals surface area contributed by atoms with E-state index in [1.165, 1.54) is 13.1 Å². The second-order valence-electron chi connectivity index (χ2n) is 6.60. The number of primary amides is 1. The Morgan fingerprint density at radius 2 is 1.87 bits per heavy atom. The van der Waals surface area contributed by atoms with Gasteiger partial charge in [0, 0.05) is 24.8 Å². The predicted molar refractivity (Wildman–Crippen MR) is 118 cm³/mol. The molecule has 0 bridgehead atoms. The van der Waals surface area contributed by atoms with Gasteiger partial charge in [0.05, 0.1) is 16.3 Å². The first-order valence-electron chi connectivity index (χ1n) is 9.16. The zero-order chi connectivity index (χ0) is 21.7. The normalized spacial score (nSPS) is 11.4. The number of carbonyl (C=O) groups excluding carboxylic acids is 2. The molecule has 0 saturated heterocycles. The molecule has 0 fully saturated rings. The van der Waals surface area contributed by atoms with Crippen molar-refractivity contribution in [3.05, 3.63) is 70.9 Å². The average Bonchev–Trinajstić information content (AvgIpc) is 2.71. The Kier molecular flexibility index (Phi) is 6.48. The second-order valence-corrected chi connectivity index (χ2v) is 7.00. The van der Waals surface area contributed by atoms with E-state index in [1.54, 1.807) is 18.2 Å². The van der Waals surface area contributed by atoms with Crippen molar-refractivity contribution in [3.8, 4) is 0 Å².